The Morgan fingerprint density at radius 2 is 1.70 bits per heavy atom. The Morgan fingerprint density at radius 3 is 2.52 bits per heavy atom. The number of benzene rings is 3. The van der Waals surface area contributed by atoms with Crippen molar-refractivity contribution < 1.29 is 4.79 Å². The van der Waals surface area contributed by atoms with Gasteiger partial charge in [-0.2, -0.15) is 10.4 Å². The van der Waals surface area contributed by atoms with E-state index < -0.39 is 0 Å². The summed E-state index contributed by atoms with van der Waals surface area (Å²) in [6, 6.07) is 27.3. The highest BCUT2D eigenvalue weighted by atomic mass is 32.2. The summed E-state index contributed by atoms with van der Waals surface area (Å²) in [7, 11) is 0. The molecule has 1 heterocycles. The van der Waals surface area contributed by atoms with Crippen molar-refractivity contribution in [3.8, 4) is 11.8 Å². The van der Waals surface area contributed by atoms with Crippen molar-refractivity contribution in [1.29, 1.82) is 5.26 Å². The number of hydrogen-bond acceptors (Lipinski definition) is 4. The number of fused-ring (bicyclic) bond motifs is 1. The molecule has 1 aromatic heterocycles. The molecule has 4 aromatic rings. The molecular formula is C27H22N4OS. The number of nitrogens with one attached hydrogen (secondary N) is 1. The van der Waals surface area contributed by atoms with Gasteiger partial charge in [0.1, 0.15) is 6.07 Å². The van der Waals surface area contributed by atoms with Gasteiger partial charge in [0.2, 0.25) is 0 Å². The van der Waals surface area contributed by atoms with Gasteiger partial charge in [0.25, 0.3) is 5.91 Å². The third-order valence-electron chi connectivity index (χ3n) is 5.79. The van der Waals surface area contributed by atoms with E-state index in [2.05, 4.69) is 23.5 Å². The fraction of sp³-hybridized carbons (Fsp3) is 0.148. The average Bonchev–Trinajstić information content (AvgIpc) is 3.47. The lowest BCUT2D eigenvalue weighted by molar-refractivity contribution is 0.0947. The maximum atomic E-state index is 13.1. The first-order chi connectivity index (χ1) is 16.2. The summed E-state index contributed by atoms with van der Waals surface area (Å²) in [4.78, 5) is 14.8. The van der Waals surface area contributed by atoms with E-state index in [1.165, 1.54) is 23.0 Å². The summed E-state index contributed by atoms with van der Waals surface area (Å²) >= 11 is 1.43. The zero-order valence-electron chi connectivity index (χ0n) is 18.0. The Bertz CT molecular complexity index is 1350. The molecule has 0 saturated heterocycles. The summed E-state index contributed by atoms with van der Waals surface area (Å²) < 4.78 is 2.02. The van der Waals surface area contributed by atoms with Crippen molar-refractivity contribution in [2.75, 3.05) is 0 Å². The molecule has 0 spiro atoms. The summed E-state index contributed by atoms with van der Waals surface area (Å²) in [5.74, 6) is -0.145. The fourth-order valence-corrected chi connectivity index (χ4v) is 5.23. The summed E-state index contributed by atoms with van der Waals surface area (Å²) in [5, 5.41) is 17.3. The van der Waals surface area contributed by atoms with Gasteiger partial charge in [-0.25, -0.2) is 4.68 Å². The highest BCUT2D eigenvalue weighted by molar-refractivity contribution is 7.99. The summed E-state index contributed by atoms with van der Waals surface area (Å²) in [6.07, 6.45) is 3.10. The zero-order chi connectivity index (χ0) is 22.6. The number of hydrogen-bond donors (Lipinski definition) is 1. The van der Waals surface area contributed by atoms with Crippen LogP contribution in [0.2, 0.25) is 0 Å². The van der Waals surface area contributed by atoms with Gasteiger partial charge in [-0.1, -0.05) is 54.2 Å². The SMILES string of the molecule is N#Cc1ccccc1Sc1ccccc1C(=O)NCc1nn(-c2ccccc2)c2c1CCC2. The predicted molar refractivity (Wildman–Crippen MR) is 128 cm³/mol. The van der Waals surface area contributed by atoms with Crippen molar-refractivity contribution in [3.05, 3.63) is 107 Å². The molecule has 1 amide bonds. The van der Waals surface area contributed by atoms with Crippen molar-refractivity contribution in [3.63, 3.8) is 0 Å². The second kappa shape index (κ2) is 9.35. The van der Waals surface area contributed by atoms with Crippen LogP contribution in [0.3, 0.4) is 0 Å². The summed E-state index contributed by atoms with van der Waals surface area (Å²) in [5.41, 5.74) is 5.67. The standard InChI is InChI=1S/C27H22N4OS/c28-17-19-9-4-6-15-25(19)33-26-16-7-5-12-22(26)27(32)29-18-23-21-13-8-14-24(21)31(30-23)20-10-2-1-3-11-20/h1-7,9-12,15-16H,8,13-14,18H2,(H,29,32). The van der Waals surface area contributed by atoms with Gasteiger partial charge in [-0.05, 0) is 61.2 Å². The monoisotopic (exact) mass is 450 g/mol. The van der Waals surface area contributed by atoms with Crippen molar-refractivity contribution in [1.82, 2.24) is 15.1 Å². The molecule has 1 N–H and O–H groups in total. The zero-order valence-corrected chi connectivity index (χ0v) is 18.8. The highest BCUT2D eigenvalue weighted by Gasteiger charge is 2.23. The lowest BCUT2D eigenvalue weighted by Gasteiger charge is -2.10. The molecule has 0 saturated carbocycles. The Balaban J connectivity index is 1.37. The van der Waals surface area contributed by atoms with Crippen molar-refractivity contribution in [2.24, 2.45) is 0 Å². The van der Waals surface area contributed by atoms with Crippen LogP contribution in [0.15, 0.2) is 88.7 Å². The van der Waals surface area contributed by atoms with Crippen LogP contribution in [0, 0.1) is 11.3 Å². The number of para-hydroxylation sites is 1. The molecular weight excluding hydrogens is 428 g/mol. The largest absolute Gasteiger partial charge is 0.346 e. The quantitative estimate of drug-likeness (QED) is 0.432. The molecule has 0 unspecified atom stereocenters. The number of nitrogens with zero attached hydrogens (tertiary/aromatic N) is 3. The molecule has 1 aliphatic rings. The van der Waals surface area contributed by atoms with E-state index in [0.717, 1.165) is 40.4 Å². The topological polar surface area (TPSA) is 70.7 Å². The predicted octanol–water partition coefficient (Wildman–Crippen LogP) is 5.31. The van der Waals surface area contributed by atoms with E-state index in [1.54, 1.807) is 6.07 Å². The first kappa shape index (κ1) is 21.0. The van der Waals surface area contributed by atoms with Gasteiger partial charge in [0, 0.05) is 15.5 Å². The van der Waals surface area contributed by atoms with Crippen molar-refractivity contribution >= 4 is 17.7 Å². The van der Waals surface area contributed by atoms with Gasteiger partial charge >= 0.3 is 0 Å². The minimum Gasteiger partial charge on any atom is -0.346 e. The van der Waals surface area contributed by atoms with Crippen LogP contribution in [0.4, 0.5) is 0 Å². The molecule has 0 fully saturated rings. The maximum absolute atomic E-state index is 13.1. The molecule has 0 bridgehead atoms. The number of rotatable bonds is 6. The molecule has 33 heavy (non-hydrogen) atoms. The Hall–Kier alpha value is -3.82. The van der Waals surface area contributed by atoms with Crippen LogP contribution < -0.4 is 5.32 Å². The van der Waals surface area contributed by atoms with E-state index in [0.29, 0.717) is 17.7 Å². The van der Waals surface area contributed by atoms with Gasteiger partial charge in [0.15, 0.2) is 0 Å². The minimum atomic E-state index is -0.145. The first-order valence-corrected chi connectivity index (χ1v) is 11.8. The van der Waals surface area contributed by atoms with Crippen LogP contribution >= 0.6 is 11.8 Å². The van der Waals surface area contributed by atoms with Crippen LogP contribution in [-0.4, -0.2) is 15.7 Å². The normalized spacial score (nSPS) is 12.2. The molecule has 0 atom stereocenters. The number of carbonyl (C=O) groups is 1. The molecule has 0 radical (unpaired) electrons. The third kappa shape index (κ3) is 4.28. The lowest BCUT2D eigenvalue weighted by Crippen LogP contribution is -2.24. The second-order valence-corrected chi connectivity index (χ2v) is 8.95. The molecule has 0 aliphatic heterocycles. The van der Waals surface area contributed by atoms with E-state index in [4.69, 9.17) is 5.10 Å². The Labute approximate surface area is 197 Å². The molecule has 5 rings (SSSR count). The number of carbonyl (C=O) groups excluding carboxylic acids is 1. The average molecular weight is 451 g/mol. The van der Waals surface area contributed by atoms with Crippen LogP contribution in [0.5, 0.6) is 0 Å². The van der Waals surface area contributed by atoms with Gasteiger partial charge in [-0.3, -0.25) is 4.79 Å². The second-order valence-electron chi connectivity index (χ2n) is 7.86. The minimum absolute atomic E-state index is 0.145. The van der Waals surface area contributed by atoms with E-state index in [9.17, 15) is 10.1 Å². The maximum Gasteiger partial charge on any atom is 0.252 e. The van der Waals surface area contributed by atoms with Crippen LogP contribution in [0.25, 0.3) is 5.69 Å². The van der Waals surface area contributed by atoms with Gasteiger partial charge < -0.3 is 5.32 Å². The van der Waals surface area contributed by atoms with E-state index in [-0.39, 0.29) is 5.91 Å². The van der Waals surface area contributed by atoms with Crippen LogP contribution in [-0.2, 0) is 19.4 Å². The Kier molecular flexibility index (Phi) is 5.97. The molecule has 6 heteroatoms. The Morgan fingerprint density at radius 1 is 0.970 bits per heavy atom. The fourth-order valence-electron chi connectivity index (χ4n) is 4.21. The van der Waals surface area contributed by atoms with Gasteiger partial charge in [-0.15, -0.1) is 0 Å². The smallest absolute Gasteiger partial charge is 0.252 e. The molecule has 3 aromatic carbocycles. The molecule has 5 nitrogen and oxygen atoms in total. The first-order valence-electron chi connectivity index (χ1n) is 10.9. The van der Waals surface area contributed by atoms with E-state index in [1.807, 2.05) is 65.3 Å². The number of amides is 1. The number of aromatic nitrogens is 2. The highest BCUT2D eigenvalue weighted by Crippen LogP contribution is 2.33. The lowest BCUT2D eigenvalue weighted by atomic mass is 10.2. The van der Waals surface area contributed by atoms with Gasteiger partial charge in [0.05, 0.1) is 29.1 Å². The summed E-state index contributed by atoms with van der Waals surface area (Å²) in [6.45, 7) is 0.384. The van der Waals surface area contributed by atoms with E-state index >= 15 is 0 Å². The van der Waals surface area contributed by atoms with Crippen molar-refractivity contribution in [2.45, 2.75) is 35.6 Å². The third-order valence-corrected chi connectivity index (χ3v) is 6.94. The number of nitriles is 1. The molecule has 162 valence electrons. The van der Waals surface area contributed by atoms with Crippen LogP contribution in [0.1, 0.15) is 39.3 Å². The molecule has 1 aliphatic carbocycles.